The number of nitrogens with zero attached hydrogens (tertiary/aromatic N) is 4. The van der Waals surface area contributed by atoms with Gasteiger partial charge in [0.1, 0.15) is 23.0 Å². The van der Waals surface area contributed by atoms with Crippen LogP contribution in [0.2, 0.25) is 20.1 Å². The van der Waals surface area contributed by atoms with Crippen LogP contribution in [-0.2, 0) is 25.3 Å². The average Bonchev–Trinajstić information content (AvgIpc) is 3.07. The molecule has 0 bridgehead atoms. The quantitative estimate of drug-likeness (QED) is 0.0824. The van der Waals surface area contributed by atoms with E-state index in [0.717, 1.165) is 12.8 Å². The van der Waals surface area contributed by atoms with Crippen LogP contribution in [0, 0.1) is 0 Å². The first-order valence-electron chi connectivity index (χ1n) is 14.4. The number of rotatable bonds is 12. The molecule has 0 atom stereocenters. The third-order valence-corrected chi connectivity index (χ3v) is 6.97. The van der Waals surface area contributed by atoms with Crippen LogP contribution in [0.4, 0.5) is 0 Å². The predicted molar refractivity (Wildman–Crippen MR) is 193 cm³/mol. The Bertz CT molecular complexity index is 1570. The summed E-state index contributed by atoms with van der Waals surface area (Å²) in [5.41, 5.74) is 2.35. The van der Waals surface area contributed by atoms with E-state index in [2.05, 4.69) is 20.0 Å². The van der Waals surface area contributed by atoms with Crippen molar-refractivity contribution in [2.45, 2.75) is 12.8 Å². The number of halogens is 4. The average molecular weight is 918 g/mol. The number of aliphatic imine (C=N–C) groups is 4. The van der Waals surface area contributed by atoms with Crippen molar-refractivity contribution in [3.8, 4) is 23.0 Å². The first-order valence-corrected chi connectivity index (χ1v) is 18.3. The van der Waals surface area contributed by atoms with Gasteiger partial charge in [-0.2, -0.15) is 0 Å². The first-order chi connectivity index (χ1) is 23.5. The Labute approximate surface area is 312 Å². The number of phenolic OH excluding ortho intramolecular Hbond substituents is 4. The molecule has 0 aromatic heterocycles. The molecule has 4 rings (SSSR count). The molecule has 0 amide bonds. The number of hydrogen-bond donors (Lipinski definition) is 4. The van der Waals surface area contributed by atoms with Crippen molar-refractivity contribution >= 4 is 71.3 Å². The Morgan fingerprint density at radius 3 is 0.857 bits per heavy atom. The van der Waals surface area contributed by atoms with Crippen LogP contribution in [0.25, 0.3) is 0 Å². The van der Waals surface area contributed by atoms with Gasteiger partial charge in [-0.15, -0.1) is 0 Å². The summed E-state index contributed by atoms with van der Waals surface area (Å²) in [7, 11) is 0. The number of benzene rings is 4. The van der Waals surface area contributed by atoms with Gasteiger partial charge in [0, 0.05) is 93.4 Å². The molecule has 4 aromatic carbocycles. The van der Waals surface area contributed by atoms with Crippen LogP contribution in [0.3, 0.4) is 0 Å². The maximum atomic E-state index is 9.64. The first kappa shape index (κ1) is 41.4. The van der Waals surface area contributed by atoms with E-state index in [1.54, 1.807) is 73.4 Å². The molecule has 0 unspecified atom stereocenters. The van der Waals surface area contributed by atoms with E-state index in [0.29, 0.717) is 68.5 Å². The van der Waals surface area contributed by atoms with E-state index in [4.69, 9.17) is 53.2 Å². The van der Waals surface area contributed by atoms with E-state index < -0.39 is 18.5 Å². The third kappa shape index (κ3) is 16.9. The molecular weight excluding hydrogens is 886 g/mol. The zero-order valence-corrected chi connectivity index (χ0v) is 31.8. The summed E-state index contributed by atoms with van der Waals surface area (Å²) < 4.78 is 17.1. The molecule has 0 aliphatic carbocycles. The van der Waals surface area contributed by atoms with E-state index >= 15 is 0 Å². The van der Waals surface area contributed by atoms with Crippen molar-refractivity contribution in [2.24, 2.45) is 20.0 Å². The number of hydrogen-bond acceptors (Lipinski definition) is 10. The molecule has 0 heterocycles. The second-order valence-corrected chi connectivity index (χ2v) is 12.0. The van der Waals surface area contributed by atoms with Crippen LogP contribution in [0.5, 0.6) is 23.0 Å². The molecule has 0 saturated heterocycles. The van der Waals surface area contributed by atoms with E-state index in [9.17, 15) is 20.4 Å². The molecule has 10 nitrogen and oxygen atoms in total. The molecule has 0 saturated carbocycles. The second kappa shape index (κ2) is 23.5. The summed E-state index contributed by atoms with van der Waals surface area (Å²) in [6.07, 6.45) is 7.86. The molecule has 258 valence electrons. The zero-order chi connectivity index (χ0) is 36.0. The van der Waals surface area contributed by atoms with Gasteiger partial charge in [-0.25, -0.2) is 0 Å². The topological polar surface area (TPSA) is 164 Å². The molecule has 0 aliphatic rings. The van der Waals surface area contributed by atoms with Gasteiger partial charge >= 0.3 is 25.3 Å². The van der Waals surface area contributed by atoms with E-state index in [-0.39, 0.29) is 23.0 Å². The maximum absolute atomic E-state index is 9.64. The monoisotopic (exact) mass is 916 g/mol. The van der Waals surface area contributed by atoms with Gasteiger partial charge < -0.3 is 20.4 Å². The summed E-state index contributed by atoms with van der Waals surface area (Å²) in [5, 5.41) is 40.8. The fourth-order valence-corrected chi connectivity index (χ4v) is 4.40. The zero-order valence-electron chi connectivity index (χ0n) is 25.8. The van der Waals surface area contributed by atoms with Gasteiger partial charge in [-0.3, -0.25) is 20.0 Å². The van der Waals surface area contributed by atoms with Crippen LogP contribution >= 0.6 is 46.4 Å². The van der Waals surface area contributed by atoms with Crippen molar-refractivity contribution in [1.29, 1.82) is 0 Å². The number of phenols is 4. The predicted octanol–water partition coefficient (Wildman–Crippen LogP) is 8.43. The molecule has 4 aromatic rings. The Hall–Kier alpha value is -3.79. The van der Waals surface area contributed by atoms with Gasteiger partial charge in [0.15, 0.2) is 0 Å². The molecule has 4 N–H and O–H groups in total. The Balaban J connectivity index is 0.000000315. The van der Waals surface area contributed by atoms with Gasteiger partial charge in [0.25, 0.3) is 0 Å². The van der Waals surface area contributed by atoms with Gasteiger partial charge in [-0.05, 0) is 85.6 Å². The van der Waals surface area contributed by atoms with Crippen molar-refractivity contribution in [3.05, 3.63) is 115 Å². The summed E-state index contributed by atoms with van der Waals surface area (Å²) in [6.45, 7) is 2.30. The second-order valence-electron chi connectivity index (χ2n) is 9.73. The van der Waals surface area contributed by atoms with Crippen molar-refractivity contribution in [2.75, 3.05) is 26.2 Å². The van der Waals surface area contributed by atoms with Crippen LogP contribution in [0.1, 0.15) is 35.1 Å². The molecule has 0 fully saturated rings. The van der Waals surface area contributed by atoms with Crippen LogP contribution in [0.15, 0.2) is 92.8 Å². The van der Waals surface area contributed by atoms with Gasteiger partial charge in [0.05, 0.1) is 0 Å². The fourth-order valence-electron chi connectivity index (χ4n) is 3.67. The Morgan fingerprint density at radius 2 is 0.653 bits per heavy atom. The summed E-state index contributed by atoms with van der Waals surface area (Å²) in [4.78, 5) is 16.9. The number of aromatic hydroxyl groups is 4. The minimum atomic E-state index is -2.25. The summed E-state index contributed by atoms with van der Waals surface area (Å²) in [6, 6.07) is 19.2. The van der Waals surface area contributed by atoms with Crippen molar-refractivity contribution in [3.63, 3.8) is 0 Å². The minimum absolute atomic E-state index is 0.146. The van der Waals surface area contributed by atoms with E-state index in [1.807, 2.05) is 0 Å². The molecule has 49 heavy (non-hydrogen) atoms. The van der Waals surface area contributed by atoms with Crippen molar-refractivity contribution in [1.82, 2.24) is 0 Å². The molecule has 15 heteroatoms. The standard InChI is InChI=1S/2C17H16Cl2N2O2.2O.W/c2*18-14-2-4-16(22)12(8-14)10-20-6-1-7-21-11-13-9-15(19)3-5-17(13)23;;;/h2*2-5,8-11,22-23H,1,6-7H2;;;. The summed E-state index contributed by atoms with van der Waals surface area (Å²) in [5.74, 6) is 0.584. The SMILES string of the molecule is Oc1ccc(Cl)cc1C=NCCCN=Cc1cc(Cl)ccc1O.Oc1ccc(Cl)cc1C=NCCCN=Cc1cc(Cl)ccc1O.[O]=[W]=[O]. The molecule has 0 spiro atoms. The normalized spacial score (nSPS) is 11.1. The van der Waals surface area contributed by atoms with E-state index in [1.165, 1.54) is 24.3 Å². The third-order valence-electron chi connectivity index (χ3n) is 6.03. The Morgan fingerprint density at radius 1 is 0.449 bits per heavy atom. The molecular formula is C34H32Cl4N4O6W. The Kier molecular flexibility index (Phi) is 19.9. The molecule has 0 radical (unpaired) electrons. The van der Waals surface area contributed by atoms with Crippen LogP contribution < -0.4 is 0 Å². The molecule has 0 aliphatic heterocycles. The van der Waals surface area contributed by atoms with Gasteiger partial charge in [0.2, 0.25) is 0 Å². The fraction of sp³-hybridized carbons (Fsp3) is 0.176. The van der Waals surface area contributed by atoms with Crippen LogP contribution in [-0.4, -0.2) is 71.5 Å². The summed E-state index contributed by atoms with van der Waals surface area (Å²) >= 11 is 21.2. The van der Waals surface area contributed by atoms with Gasteiger partial charge in [-0.1, -0.05) is 46.4 Å². The van der Waals surface area contributed by atoms with Crippen molar-refractivity contribution < 1.29 is 45.7 Å².